The lowest BCUT2D eigenvalue weighted by Gasteiger charge is -1.99. The van der Waals surface area contributed by atoms with Gasteiger partial charge in [0, 0.05) is 11.3 Å². The van der Waals surface area contributed by atoms with E-state index in [1.54, 1.807) is 6.07 Å². The summed E-state index contributed by atoms with van der Waals surface area (Å²) in [7, 11) is 0. The van der Waals surface area contributed by atoms with E-state index < -0.39 is 5.97 Å². The standard InChI is InChI=1S/C10H11FO2S/c11-8-3-1-4-9(7-8)14-6-2-5-10(12)13/h1,3-4,7H,2,5-6H2,(H,12,13). The number of halogens is 1. The fourth-order valence-electron chi connectivity index (χ4n) is 0.970. The minimum atomic E-state index is -0.787. The lowest BCUT2D eigenvalue weighted by molar-refractivity contribution is -0.137. The van der Waals surface area contributed by atoms with Gasteiger partial charge < -0.3 is 5.11 Å². The van der Waals surface area contributed by atoms with Crippen LogP contribution in [0, 0.1) is 5.82 Å². The molecule has 0 fully saturated rings. The Hall–Kier alpha value is -1.03. The Labute approximate surface area is 86.1 Å². The molecule has 0 spiro atoms. The van der Waals surface area contributed by atoms with Crippen LogP contribution in [-0.2, 0) is 4.79 Å². The second-order valence-corrected chi connectivity index (χ2v) is 3.97. The number of hydrogen-bond donors (Lipinski definition) is 1. The molecule has 0 aliphatic heterocycles. The van der Waals surface area contributed by atoms with Crippen LogP contribution in [0.4, 0.5) is 4.39 Å². The van der Waals surface area contributed by atoms with Crippen LogP contribution in [0.25, 0.3) is 0 Å². The van der Waals surface area contributed by atoms with Crippen molar-refractivity contribution in [2.24, 2.45) is 0 Å². The highest BCUT2D eigenvalue weighted by molar-refractivity contribution is 7.99. The quantitative estimate of drug-likeness (QED) is 0.605. The van der Waals surface area contributed by atoms with Crippen LogP contribution in [0.15, 0.2) is 29.2 Å². The Bertz CT molecular complexity index is 315. The first kappa shape index (κ1) is 11.0. The first-order valence-corrected chi connectivity index (χ1v) is 5.27. The predicted octanol–water partition coefficient (Wildman–Crippen LogP) is 2.78. The van der Waals surface area contributed by atoms with Gasteiger partial charge in [0.2, 0.25) is 0 Å². The monoisotopic (exact) mass is 214 g/mol. The van der Waals surface area contributed by atoms with Gasteiger partial charge in [-0.3, -0.25) is 4.79 Å². The molecule has 0 unspecified atom stereocenters. The smallest absolute Gasteiger partial charge is 0.303 e. The molecule has 76 valence electrons. The van der Waals surface area contributed by atoms with Crippen LogP contribution < -0.4 is 0 Å². The molecule has 0 aliphatic carbocycles. The molecular weight excluding hydrogens is 203 g/mol. The molecule has 0 saturated carbocycles. The average molecular weight is 214 g/mol. The van der Waals surface area contributed by atoms with E-state index in [0.29, 0.717) is 12.2 Å². The summed E-state index contributed by atoms with van der Waals surface area (Å²) in [6.45, 7) is 0. The topological polar surface area (TPSA) is 37.3 Å². The Morgan fingerprint density at radius 2 is 2.29 bits per heavy atom. The maximum Gasteiger partial charge on any atom is 0.303 e. The highest BCUT2D eigenvalue weighted by Crippen LogP contribution is 2.19. The van der Waals surface area contributed by atoms with E-state index in [1.165, 1.54) is 23.9 Å². The van der Waals surface area contributed by atoms with Crippen molar-refractivity contribution in [3.8, 4) is 0 Å². The van der Waals surface area contributed by atoms with E-state index in [1.807, 2.05) is 6.07 Å². The summed E-state index contributed by atoms with van der Waals surface area (Å²) < 4.78 is 12.7. The zero-order valence-electron chi connectivity index (χ0n) is 7.57. The maximum absolute atomic E-state index is 12.7. The fourth-order valence-corrected chi connectivity index (χ4v) is 1.87. The molecule has 1 aromatic carbocycles. The summed E-state index contributed by atoms with van der Waals surface area (Å²) in [5, 5.41) is 8.39. The second-order valence-electron chi connectivity index (χ2n) is 2.80. The van der Waals surface area contributed by atoms with E-state index in [0.717, 1.165) is 4.90 Å². The van der Waals surface area contributed by atoms with Crippen molar-refractivity contribution in [2.75, 3.05) is 5.75 Å². The predicted molar refractivity (Wildman–Crippen MR) is 54.0 cm³/mol. The summed E-state index contributed by atoms with van der Waals surface area (Å²) in [5.74, 6) is -0.339. The number of carboxylic acids is 1. The van der Waals surface area contributed by atoms with Gasteiger partial charge in [0.15, 0.2) is 0 Å². The van der Waals surface area contributed by atoms with Gasteiger partial charge in [0.1, 0.15) is 5.82 Å². The molecule has 2 nitrogen and oxygen atoms in total. The van der Waals surface area contributed by atoms with Crippen LogP contribution >= 0.6 is 11.8 Å². The van der Waals surface area contributed by atoms with Gasteiger partial charge in [-0.2, -0.15) is 0 Å². The highest BCUT2D eigenvalue weighted by atomic mass is 32.2. The van der Waals surface area contributed by atoms with Crippen LogP contribution in [0.5, 0.6) is 0 Å². The van der Waals surface area contributed by atoms with Crippen LogP contribution in [0.2, 0.25) is 0 Å². The van der Waals surface area contributed by atoms with E-state index in [9.17, 15) is 9.18 Å². The van der Waals surface area contributed by atoms with Crippen LogP contribution in [-0.4, -0.2) is 16.8 Å². The van der Waals surface area contributed by atoms with Gasteiger partial charge in [0.05, 0.1) is 0 Å². The molecule has 1 N–H and O–H groups in total. The Morgan fingerprint density at radius 3 is 2.93 bits per heavy atom. The van der Waals surface area contributed by atoms with Crippen molar-refractivity contribution in [2.45, 2.75) is 17.7 Å². The van der Waals surface area contributed by atoms with Gasteiger partial charge in [0.25, 0.3) is 0 Å². The van der Waals surface area contributed by atoms with Crippen molar-refractivity contribution in [1.82, 2.24) is 0 Å². The van der Waals surface area contributed by atoms with Crippen LogP contribution in [0.1, 0.15) is 12.8 Å². The largest absolute Gasteiger partial charge is 0.481 e. The number of carbonyl (C=O) groups is 1. The first-order valence-electron chi connectivity index (χ1n) is 4.28. The van der Waals surface area contributed by atoms with Crippen molar-refractivity contribution in [1.29, 1.82) is 0 Å². The molecule has 0 aromatic heterocycles. The highest BCUT2D eigenvalue weighted by Gasteiger charge is 1.98. The zero-order valence-corrected chi connectivity index (χ0v) is 8.39. The Morgan fingerprint density at radius 1 is 1.50 bits per heavy atom. The van der Waals surface area contributed by atoms with Crippen molar-refractivity contribution < 1.29 is 14.3 Å². The van der Waals surface area contributed by atoms with Crippen molar-refractivity contribution in [3.05, 3.63) is 30.1 Å². The minimum Gasteiger partial charge on any atom is -0.481 e. The number of rotatable bonds is 5. The lowest BCUT2D eigenvalue weighted by Crippen LogP contribution is -1.94. The number of thioether (sulfide) groups is 1. The third-order valence-corrected chi connectivity index (χ3v) is 2.68. The number of hydrogen-bond acceptors (Lipinski definition) is 2. The molecule has 0 saturated heterocycles. The van der Waals surface area contributed by atoms with Gasteiger partial charge in [-0.15, -0.1) is 11.8 Å². The van der Waals surface area contributed by atoms with E-state index in [2.05, 4.69) is 0 Å². The van der Waals surface area contributed by atoms with E-state index in [4.69, 9.17) is 5.11 Å². The molecule has 0 radical (unpaired) electrons. The third-order valence-electron chi connectivity index (χ3n) is 1.60. The van der Waals surface area contributed by atoms with Crippen molar-refractivity contribution >= 4 is 17.7 Å². The Kier molecular flexibility index (Phi) is 4.46. The summed E-state index contributed by atoms with van der Waals surface area (Å²) in [6, 6.07) is 6.30. The van der Waals surface area contributed by atoms with E-state index >= 15 is 0 Å². The summed E-state index contributed by atoms with van der Waals surface area (Å²) in [5.41, 5.74) is 0. The Balaban J connectivity index is 2.28. The average Bonchev–Trinajstić information content (AvgIpc) is 2.12. The first-order chi connectivity index (χ1) is 6.68. The molecule has 4 heteroatoms. The van der Waals surface area contributed by atoms with E-state index in [-0.39, 0.29) is 12.2 Å². The van der Waals surface area contributed by atoms with Gasteiger partial charge in [-0.25, -0.2) is 4.39 Å². The molecule has 1 rings (SSSR count). The van der Waals surface area contributed by atoms with Gasteiger partial charge >= 0.3 is 5.97 Å². The molecule has 0 atom stereocenters. The SMILES string of the molecule is O=C(O)CCCSc1cccc(F)c1. The number of aliphatic carboxylic acids is 1. The molecule has 0 aliphatic rings. The maximum atomic E-state index is 12.7. The fraction of sp³-hybridized carbons (Fsp3) is 0.300. The summed E-state index contributed by atoms with van der Waals surface area (Å²) >= 11 is 1.47. The summed E-state index contributed by atoms with van der Waals surface area (Å²) in [4.78, 5) is 11.0. The molecule has 0 heterocycles. The van der Waals surface area contributed by atoms with Crippen molar-refractivity contribution in [3.63, 3.8) is 0 Å². The third kappa shape index (κ3) is 4.28. The molecule has 0 bridgehead atoms. The van der Waals surface area contributed by atoms with Gasteiger partial charge in [-0.1, -0.05) is 6.07 Å². The van der Waals surface area contributed by atoms with Crippen LogP contribution in [0.3, 0.4) is 0 Å². The normalized spacial score (nSPS) is 10.1. The van der Waals surface area contributed by atoms with Gasteiger partial charge in [-0.05, 0) is 30.4 Å². The number of carboxylic acid groups (broad SMARTS) is 1. The molecule has 14 heavy (non-hydrogen) atoms. The lowest BCUT2D eigenvalue weighted by atomic mass is 10.3. The minimum absolute atomic E-state index is 0.169. The summed E-state index contributed by atoms with van der Waals surface area (Å²) in [6.07, 6.45) is 0.777. The second kappa shape index (κ2) is 5.65. The molecular formula is C10H11FO2S. The zero-order chi connectivity index (χ0) is 10.4. The molecule has 0 amide bonds. The number of benzene rings is 1. The molecule has 1 aromatic rings.